The van der Waals surface area contributed by atoms with Crippen molar-refractivity contribution in [2.45, 2.75) is 18.5 Å². The molecule has 140 valence electrons. The Labute approximate surface area is 161 Å². The number of rotatable bonds is 4. The van der Waals surface area contributed by atoms with Crippen molar-refractivity contribution in [3.63, 3.8) is 0 Å². The number of carbonyl (C=O) groups excluding carboxylic acids is 1. The van der Waals surface area contributed by atoms with Crippen LogP contribution < -0.4 is 5.32 Å². The molecule has 0 aliphatic carbocycles. The van der Waals surface area contributed by atoms with E-state index in [2.05, 4.69) is 20.3 Å². The van der Waals surface area contributed by atoms with Crippen LogP contribution in [-0.2, 0) is 10.4 Å². The fourth-order valence-electron chi connectivity index (χ4n) is 3.75. The van der Waals surface area contributed by atoms with Crippen molar-refractivity contribution in [3.05, 3.63) is 65.1 Å². The van der Waals surface area contributed by atoms with Gasteiger partial charge in [-0.1, -0.05) is 23.7 Å². The van der Waals surface area contributed by atoms with Gasteiger partial charge >= 0.3 is 6.09 Å². The lowest BCUT2D eigenvalue weighted by molar-refractivity contribution is 0.0926. The van der Waals surface area contributed by atoms with Crippen LogP contribution in [0.15, 0.2) is 48.8 Å². The normalized spacial score (nSPS) is 17.0. The van der Waals surface area contributed by atoms with Crippen LogP contribution >= 0.6 is 11.6 Å². The Morgan fingerprint density at radius 1 is 1.26 bits per heavy atom. The number of fused-ring (bicyclic) bond motifs is 1. The van der Waals surface area contributed by atoms with E-state index in [1.807, 2.05) is 36.4 Å². The van der Waals surface area contributed by atoms with Crippen LogP contribution in [0.3, 0.4) is 0 Å². The number of methoxy groups -OCH3 is 1. The van der Waals surface area contributed by atoms with Gasteiger partial charge in [0.2, 0.25) is 0 Å². The molecule has 1 aliphatic heterocycles. The number of aromatic nitrogens is 3. The standard InChI is InChI=1S/C19H20ClN5O2/c1-27-18(26)23-19(24-10-2-3-11-24,14-6-4-7-15(20)12-14)16-13-21-17-8-5-9-22-25(16)17/h4-9,12-13H,2-3,10-11H2,1H3,(H,23,26). The summed E-state index contributed by atoms with van der Waals surface area (Å²) in [6.07, 6.45) is 4.98. The Balaban J connectivity index is 2.01. The predicted octanol–water partition coefficient (Wildman–Crippen LogP) is 3.04. The number of alkyl carbamates (subject to hydrolysis) is 1. The zero-order valence-corrected chi connectivity index (χ0v) is 15.7. The van der Waals surface area contributed by atoms with E-state index >= 15 is 0 Å². The van der Waals surface area contributed by atoms with Crippen LogP contribution in [0.1, 0.15) is 24.1 Å². The molecule has 1 aromatic carbocycles. The van der Waals surface area contributed by atoms with Crippen molar-refractivity contribution in [2.75, 3.05) is 20.2 Å². The number of hydrogen-bond donors (Lipinski definition) is 1. The fraction of sp³-hybridized carbons (Fsp3) is 0.316. The molecule has 1 fully saturated rings. The monoisotopic (exact) mass is 385 g/mol. The summed E-state index contributed by atoms with van der Waals surface area (Å²) in [4.78, 5) is 19.1. The van der Waals surface area contributed by atoms with Crippen LogP contribution in [0.2, 0.25) is 5.02 Å². The van der Waals surface area contributed by atoms with Crippen molar-refractivity contribution in [1.29, 1.82) is 0 Å². The first-order valence-electron chi connectivity index (χ1n) is 8.81. The highest BCUT2D eigenvalue weighted by atomic mass is 35.5. The zero-order chi connectivity index (χ0) is 18.9. The number of ether oxygens (including phenoxy) is 1. The molecular formula is C19H20ClN5O2. The van der Waals surface area contributed by atoms with E-state index in [1.54, 1.807) is 16.9 Å². The third kappa shape index (κ3) is 3.02. The van der Waals surface area contributed by atoms with Crippen molar-refractivity contribution in [3.8, 4) is 0 Å². The summed E-state index contributed by atoms with van der Waals surface area (Å²) in [6, 6.07) is 11.2. The molecule has 3 heterocycles. The number of carbonyl (C=O) groups is 1. The minimum absolute atomic E-state index is 0.534. The lowest BCUT2D eigenvalue weighted by Crippen LogP contribution is -2.58. The lowest BCUT2D eigenvalue weighted by Gasteiger charge is -2.41. The third-order valence-corrected chi connectivity index (χ3v) is 5.17. The maximum absolute atomic E-state index is 12.4. The van der Waals surface area contributed by atoms with Gasteiger partial charge < -0.3 is 4.74 Å². The molecule has 3 aromatic rings. The zero-order valence-electron chi connectivity index (χ0n) is 14.9. The fourth-order valence-corrected chi connectivity index (χ4v) is 3.94. The number of nitrogens with zero attached hydrogens (tertiary/aromatic N) is 4. The molecule has 1 aliphatic rings. The first-order chi connectivity index (χ1) is 13.1. The summed E-state index contributed by atoms with van der Waals surface area (Å²) in [6.45, 7) is 1.63. The SMILES string of the molecule is COC(=O)NC(c1cccc(Cl)c1)(c1cnc2cccnn12)N1CCCC1. The highest BCUT2D eigenvalue weighted by Crippen LogP contribution is 2.37. The van der Waals surface area contributed by atoms with Crippen LogP contribution in [0.4, 0.5) is 4.79 Å². The van der Waals surface area contributed by atoms with Gasteiger partial charge in [0, 0.05) is 29.9 Å². The van der Waals surface area contributed by atoms with E-state index in [0.29, 0.717) is 10.7 Å². The van der Waals surface area contributed by atoms with Crippen LogP contribution in [0.5, 0.6) is 0 Å². The molecular weight excluding hydrogens is 366 g/mol. The highest BCUT2D eigenvalue weighted by molar-refractivity contribution is 6.30. The predicted molar refractivity (Wildman–Crippen MR) is 102 cm³/mol. The Kier molecular flexibility index (Phi) is 4.72. The first-order valence-corrected chi connectivity index (χ1v) is 9.19. The summed E-state index contributed by atoms with van der Waals surface area (Å²) >= 11 is 6.31. The van der Waals surface area contributed by atoms with Crippen molar-refractivity contribution >= 4 is 23.3 Å². The molecule has 8 heteroatoms. The summed E-state index contributed by atoms with van der Waals surface area (Å²) in [5.74, 6) is 0. The number of likely N-dealkylation sites (tertiary alicyclic amines) is 1. The van der Waals surface area contributed by atoms with E-state index in [9.17, 15) is 4.79 Å². The quantitative estimate of drug-likeness (QED) is 0.747. The highest BCUT2D eigenvalue weighted by Gasteiger charge is 2.46. The second-order valence-electron chi connectivity index (χ2n) is 6.47. The smallest absolute Gasteiger partial charge is 0.408 e. The van der Waals surface area contributed by atoms with Crippen LogP contribution in [0, 0.1) is 0 Å². The van der Waals surface area contributed by atoms with E-state index in [4.69, 9.17) is 16.3 Å². The maximum Gasteiger partial charge on any atom is 0.408 e. The summed E-state index contributed by atoms with van der Waals surface area (Å²) in [5.41, 5.74) is 1.26. The summed E-state index contributed by atoms with van der Waals surface area (Å²) in [7, 11) is 1.36. The molecule has 7 nitrogen and oxygen atoms in total. The second kappa shape index (κ2) is 7.17. The van der Waals surface area contributed by atoms with Gasteiger partial charge in [-0.15, -0.1) is 0 Å². The van der Waals surface area contributed by atoms with Gasteiger partial charge in [-0.25, -0.2) is 14.3 Å². The second-order valence-corrected chi connectivity index (χ2v) is 6.91. The maximum atomic E-state index is 12.4. The van der Waals surface area contributed by atoms with Gasteiger partial charge in [-0.3, -0.25) is 10.2 Å². The Morgan fingerprint density at radius 2 is 2.07 bits per heavy atom. The molecule has 1 unspecified atom stereocenters. The van der Waals surface area contributed by atoms with Gasteiger partial charge in [0.15, 0.2) is 11.3 Å². The number of hydrogen-bond acceptors (Lipinski definition) is 5. The average molecular weight is 386 g/mol. The van der Waals surface area contributed by atoms with Crippen molar-refractivity contribution in [1.82, 2.24) is 24.8 Å². The Bertz CT molecular complexity index is 969. The number of amides is 1. The Hall–Kier alpha value is -2.64. The number of imidazole rings is 1. The molecule has 1 amide bonds. The van der Waals surface area contributed by atoms with E-state index < -0.39 is 11.8 Å². The average Bonchev–Trinajstić information content (AvgIpc) is 3.36. The lowest BCUT2D eigenvalue weighted by atomic mass is 9.94. The van der Waals surface area contributed by atoms with Crippen molar-refractivity contribution < 1.29 is 9.53 Å². The molecule has 0 radical (unpaired) electrons. The van der Waals surface area contributed by atoms with Gasteiger partial charge in [0.25, 0.3) is 0 Å². The number of halogens is 1. The molecule has 0 spiro atoms. The molecule has 1 saturated heterocycles. The Morgan fingerprint density at radius 3 is 2.81 bits per heavy atom. The summed E-state index contributed by atoms with van der Waals surface area (Å²) < 4.78 is 6.71. The molecule has 4 rings (SSSR count). The van der Waals surface area contributed by atoms with Crippen molar-refractivity contribution in [2.24, 2.45) is 0 Å². The van der Waals surface area contributed by atoms with E-state index in [-0.39, 0.29) is 0 Å². The van der Waals surface area contributed by atoms with Crippen LogP contribution in [-0.4, -0.2) is 45.8 Å². The molecule has 1 atom stereocenters. The number of nitrogens with one attached hydrogen (secondary N) is 1. The molecule has 0 bridgehead atoms. The topological polar surface area (TPSA) is 71.8 Å². The van der Waals surface area contributed by atoms with Gasteiger partial charge in [0.1, 0.15) is 5.69 Å². The first kappa shape index (κ1) is 17.8. The molecule has 0 saturated carbocycles. The van der Waals surface area contributed by atoms with E-state index in [0.717, 1.165) is 37.2 Å². The van der Waals surface area contributed by atoms with Gasteiger partial charge in [0.05, 0.1) is 13.3 Å². The molecule has 1 N–H and O–H groups in total. The van der Waals surface area contributed by atoms with Gasteiger partial charge in [-0.05, 0) is 37.1 Å². The number of benzene rings is 1. The molecule has 2 aromatic heterocycles. The van der Waals surface area contributed by atoms with Crippen LogP contribution in [0.25, 0.3) is 5.65 Å². The van der Waals surface area contributed by atoms with E-state index in [1.165, 1.54) is 7.11 Å². The minimum atomic E-state index is -0.998. The molecule has 27 heavy (non-hydrogen) atoms. The van der Waals surface area contributed by atoms with Gasteiger partial charge in [-0.2, -0.15) is 5.10 Å². The third-order valence-electron chi connectivity index (χ3n) is 4.94. The minimum Gasteiger partial charge on any atom is -0.453 e. The largest absolute Gasteiger partial charge is 0.453 e. The summed E-state index contributed by atoms with van der Waals surface area (Å²) in [5, 5.41) is 8.11.